The number of aliphatic imine (C=N–C) groups is 1. The highest BCUT2D eigenvalue weighted by Crippen LogP contribution is 2.67. The molecule has 4 heteroatoms. The number of benzene rings is 11. The van der Waals surface area contributed by atoms with Gasteiger partial charge in [0.1, 0.15) is 17.3 Å². The van der Waals surface area contributed by atoms with Crippen molar-refractivity contribution in [2.45, 2.75) is 26.8 Å². The first-order chi connectivity index (χ1) is 37.7. The summed E-state index contributed by atoms with van der Waals surface area (Å²) in [4.78, 5) is 8.09. The van der Waals surface area contributed by atoms with Crippen LogP contribution in [0.5, 0.6) is 0 Å². The molecule has 0 amide bonds. The number of fused-ring (bicyclic) bond motifs is 18. The van der Waals surface area contributed by atoms with Crippen LogP contribution in [0.3, 0.4) is 0 Å². The van der Waals surface area contributed by atoms with E-state index in [1.54, 1.807) is 0 Å². The highest BCUT2D eigenvalue weighted by Gasteiger charge is 2.58. The van der Waals surface area contributed by atoms with Crippen LogP contribution < -0.4 is 5.32 Å². The van der Waals surface area contributed by atoms with Crippen LogP contribution in [0.1, 0.15) is 67.4 Å². The van der Waals surface area contributed by atoms with Crippen LogP contribution in [0, 0.1) is 0 Å². The molecule has 0 radical (unpaired) electrons. The second kappa shape index (κ2) is 16.6. The predicted octanol–water partition coefficient (Wildman–Crippen LogP) is 17.6. The van der Waals surface area contributed by atoms with Crippen LogP contribution in [0.2, 0.25) is 0 Å². The first-order valence-corrected chi connectivity index (χ1v) is 27.0. The standard InChI is InChI=1S/C72H46N2OS/c1-2-18-46(19-3-1)64-44-65(74-70(73-64)47-38-36-45(37-39-47)51-24-17-25-54-53-23-5-13-33-66(53)75-69(51)54)50-21-16-20-48(42-50)49-40-41-57-55(43-49)52-22-4-6-26-56(52)71(57)58-27-7-9-29-60(58)72(61-30-10-8-28-59(61)71)62-31-11-14-34-67(62)76-68-35-15-12-32-63(68)72/h1-44,70,73H. The van der Waals surface area contributed by atoms with Gasteiger partial charge in [0.2, 0.25) is 0 Å². The maximum Gasteiger partial charge on any atom is 0.145 e. The van der Waals surface area contributed by atoms with Crippen LogP contribution in [0.4, 0.5) is 0 Å². The minimum atomic E-state index is -0.546. The molecule has 0 saturated heterocycles. The zero-order chi connectivity index (χ0) is 50.0. The quantitative estimate of drug-likeness (QED) is 0.187. The van der Waals surface area contributed by atoms with E-state index >= 15 is 0 Å². The summed E-state index contributed by atoms with van der Waals surface area (Å²) in [6.07, 6.45) is 1.90. The Bertz CT molecular complexity index is 4330. The molecule has 0 saturated carbocycles. The van der Waals surface area contributed by atoms with Crippen LogP contribution in [0.25, 0.3) is 61.0 Å². The molecule has 3 nitrogen and oxygen atoms in total. The van der Waals surface area contributed by atoms with Gasteiger partial charge in [-0.3, -0.25) is 4.99 Å². The largest absolute Gasteiger partial charge is 0.455 e. The van der Waals surface area contributed by atoms with Gasteiger partial charge in [-0.2, -0.15) is 0 Å². The van der Waals surface area contributed by atoms with Crippen molar-refractivity contribution in [3.05, 3.63) is 328 Å². The van der Waals surface area contributed by atoms with Crippen molar-refractivity contribution in [1.29, 1.82) is 0 Å². The third-order valence-corrected chi connectivity index (χ3v) is 17.8. The number of para-hydroxylation sites is 2. The Morgan fingerprint density at radius 3 is 1.61 bits per heavy atom. The van der Waals surface area contributed by atoms with Gasteiger partial charge in [-0.25, -0.2) is 0 Å². The van der Waals surface area contributed by atoms with Crippen molar-refractivity contribution in [2.75, 3.05) is 0 Å². The van der Waals surface area contributed by atoms with Crippen LogP contribution in [-0.4, -0.2) is 5.71 Å². The highest BCUT2D eigenvalue weighted by molar-refractivity contribution is 7.99. The average molecular weight is 987 g/mol. The summed E-state index contributed by atoms with van der Waals surface area (Å²) < 4.78 is 6.44. The van der Waals surface area contributed by atoms with Gasteiger partial charge in [-0.15, -0.1) is 0 Å². The first-order valence-electron chi connectivity index (χ1n) is 26.2. The topological polar surface area (TPSA) is 37.5 Å². The average Bonchev–Trinajstić information content (AvgIpc) is 4.10. The maximum absolute atomic E-state index is 6.44. The van der Waals surface area contributed by atoms with Gasteiger partial charge < -0.3 is 9.73 Å². The summed E-state index contributed by atoms with van der Waals surface area (Å²) in [6, 6.07) is 96.3. The van der Waals surface area contributed by atoms with Gasteiger partial charge >= 0.3 is 0 Å². The molecular formula is C72H46N2OS. The molecule has 11 aromatic carbocycles. The molecule has 12 aromatic rings. The van der Waals surface area contributed by atoms with E-state index in [0.29, 0.717) is 0 Å². The molecule has 1 aromatic heterocycles. The minimum Gasteiger partial charge on any atom is -0.455 e. The smallest absolute Gasteiger partial charge is 0.145 e. The zero-order valence-electron chi connectivity index (χ0n) is 41.2. The molecule has 356 valence electrons. The number of hydrogen-bond donors (Lipinski definition) is 1. The zero-order valence-corrected chi connectivity index (χ0v) is 42.1. The first kappa shape index (κ1) is 43.2. The van der Waals surface area contributed by atoms with Gasteiger partial charge in [0, 0.05) is 37.4 Å². The van der Waals surface area contributed by atoms with Gasteiger partial charge in [0.05, 0.1) is 16.5 Å². The fraction of sp³-hybridized carbons (Fsp3) is 0.0417. The Kier molecular flexibility index (Phi) is 9.46. The number of hydrogen-bond acceptors (Lipinski definition) is 4. The Balaban J connectivity index is 0.815. The normalized spacial score (nSPS) is 15.9. The van der Waals surface area contributed by atoms with E-state index in [0.717, 1.165) is 66.7 Å². The predicted molar refractivity (Wildman–Crippen MR) is 311 cm³/mol. The monoisotopic (exact) mass is 986 g/mol. The number of nitrogens with one attached hydrogen (secondary N) is 1. The Morgan fingerprint density at radius 1 is 0.368 bits per heavy atom. The van der Waals surface area contributed by atoms with Crippen molar-refractivity contribution in [3.8, 4) is 33.4 Å². The second-order valence-electron chi connectivity index (χ2n) is 20.5. The fourth-order valence-corrected chi connectivity index (χ4v) is 14.7. The van der Waals surface area contributed by atoms with Gasteiger partial charge in [-0.1, -0.05) is 242 Å². The van der Waals surface area contributed by atoms with E-state index in [2.05, 4.69) is 260 Å². The maximum atomic E-state index is 6.44. The van der Waals surface area contributed by atoms with E-state index in [4.69, 9.17) is 9.41 Å². The van der Waals surface area contributed by atoms with Crippen molar-refractivity contribution in [1.82, 2.24) is 5.32 Å². The van der Waals surface area contributed by atoms with E-state index in [1.165, 1.54) is 71.0 Å². The van der Waals surface area contributed by atoms with Gasteiger partial charge in [-0.05, 0) is 120 Å². The fourth-order valence-electron chi connectivity index (χ4n) is 13.5. The number of furan rings is 1. The summed E-state index contributed by atoms with van der Waals surface area (Å²) >= 11 is 1.89. The summed E-state index contributed by atoms with van der Waals surface area (Å²) in [6.45, 7) is 0. The summed E-state index contributed by atoms with van der Waals surface area (Å²) in [5.74, 6) is 0. The molecule has 1 unspecified atom stereocenters. The third kappa shape index (κ3) is 6.10. The Morgan fingerprint density at radius 2 is 0.882 bits per heavy atom. The summed E-state index contributed by atoms with van der Waals surface area (Å²) in [5, 5.41) is 6.06. The van der Waals surface area contributed by atoms with Crippen molar-refractivity contribution in [3.63, 3.8) is 0 Å². The molecule has 4 aliphatic rings. The Hall–Kier alpha value is -9.22. The van der Waals surface area contributed by atoms with Crippen molar-refractivity contribution in [2.24, 2.45) is 4.99 Å². The SMILES string of the molecule is C1=C(c2ccccc2)NC(c2ccc(-c3cccc4c3oc3ccccc34)cc2)N=C1c1cccc(-c2ccc3c(c2)-c2ccccc2C32c3ccccc3C3(c4ccccc4Sc4ccccc43)c3ccccc32)c1. The third-order valence-electron chi connectivity index (χ3n) is 16.7. The van der Waals surface area contributed by atoms with Gasteiger partial charge in [0.25, 0.3) is 0 Å². The number of allylic oxidation sites excluding steroid dienone is 1. The van der Waals surface area contributed by atoms with Crippen LogP contribution >= 0.6 is 11.8 Å². The second-order valence-corrected chi connectivity index (χ2v) is 21.5. The molecule has 76 heavy (non-hydrogen) atoms. The molecule has 2 spiro atoms. The number of rotatable bonds is 5. The molecule has 0 fully saturated rings. The molecule has 3 heterocycles. The summed E-state index contributed by atoms with van der Waals surface area (Å²) in [5.41, 5.74) is 23.7. The van der Waals surface area contributed by atoms with Crippen molar-refractivity contribution < 1.29 is 4.42 Å². The molecular weight excluding hydrogens is 941 g/mol. The van der Waals surface area contributed by atoms with E-state index in [1.807, 2.05) is 23.9 Å². The molecule has 1 N–H and O–H groups in total. The van der Waals surface area contributed by atoms with E-state index in [-0.39, 0.29) is 6.17 Å². The van der Waals surface area contributed by atoms with E-state index < -0.39 is 10.8 Å². The van der Waals surface area contributed by atoms with Gasteiger partial charge in [0.15, 0.2) is 0 Å². The summed E-state index contributed by atoms with van der Waals surface area (Å²) in [7, 11) is 0. The van der Waals surface area contributed by atoms with E-state index in [9.17, 15) is 0 Å². The molecule has 16 rings (SSSR count). The van der Waals surface area contributed by atoms with Crippen LogP contribution in [-0.2, 0) is 10.8 Å². The molecule has 0 bridgehead atoms. The van der Waals surface area contributed by atoms with Crippen molar-refractivity contribution >= 4 is 45.1 Å². The molecule has 2 aliphatic heterocycles. The highest BCUT2D eigenvalue weighted by atomic mass is 32.2. The lowest BCUT2D eigenvalue weighted by Crippen LogP contribution is -2.45. The lowest BCUT2D eigenvalue weighted by atomic mass is 9.51. The lowest BCUT2D eigenvalue weighted by molar-refractivity contribution is 0.605. The van der Waals surface area contributed by atoms with Crippen LogP contribution in [0.15, 0.2) is 286 Å². The Labute approximate surface area is 445 Å². The number of nitrogens with zero attached hydrogens (tertiary/aromatic N) is 1. The molecule has 1 atom stereocenters. The minimum absolute atomic E-state index is 0.308. The molecule has 2 aliphatic carbocycles. The lowest BCUT2D eigenvalue weighted by Gasteiger charge is -2.51.